The SMILES string of the molecule is CN(C)c1ccc(C(=O)OCc2nc(-c3ccc(Cl)cc3)no2)cc1[N+](=O)[O-]. The highest BCUT2D eigenvalue weighted by molar-refractivity contribution is 6.30. The number of rotatable bonds is 6. The van der Waals surface area contributed by atoms with Crippen LogP contribution >= 0.6 is 11.6 Å². The van der Waals surface area contributed by atoms with E-state index in [4.69, 9.17) is 20.9 Å². The third-order valence-electron chi connectivity index (χ3n) is 3.79. The van der Waals surface area contributed by atoms with Crippen LogP contribution < -0.4 is 4.90 Å². The van der Waals surface area contributed by atoms with Crippen LogP contribution in [-0.2, 0) is 11.3 Å². The molecule has 0 spiro atoms. The first-order valence-corrected chi connectivity index (χ1v) is 8.44. The van der Waals surface area contributed by atoms with E-state index in [-0.39, 0.29) is 23.7 Å². The Kier molecular flexibility index (Phi) is 5.55. The van der Waals surface area contributed by atoms with Gasteiger partial charge < -0.3 is 14.2 Å². The molecular weight excluding hydrogens is 388 g/mol. The molecule has 0 unspecified atom stereocenters. The second-order valence-corrected chi connectivity index (χ2v) is 6.39. The van der Waals surface area contributed by atoms with Crippen molar-refractivity contribution in [1.82, 2.24) is 10.1 Å². The molecule has 9 nitrogen and oxygen atoms in total. The predicted octanol–water partition coefficient (Wildman–Crippen LogP) is 3.72. The van der Waals surface area contributed by atoms with Crippen molar-refractivity contribution in [3.8, 4) is 11.4 Å². The van der Waals surface area contributed by atoms with Crippen LogP contribution in [0.1, 0.15) is 16.2 Å². The number of halogens is 1. The van der Waals surface area contributed by atoms with Gasteiger partial charge in [0.05, 0.1) is 10.5 Å². The standard InChI is InChI=1S/C18H15ClN4O5/c1-22(2)14-8-5-12(9-15(14)23(25)26)18(24)27-10-16-20-17(21-28-16)11-3-6-13(19)7-4-11/h3-9H,10H2,1-2H3. The van der Waals surface area contributed by atoms with Crippen molar-refractivity contribution < 1.29 is 19.0 Å². The molecule has 2 aromatic carbocycles. The molecule has 0 saturated carbocycles. The minimum Gasteiger partial charge on any atom is -0.452 e. The Morgan fingerprint density at radius 2 is 1.96 bits per heavy atom. The second kappa shape index (κ2) is 8.05. The first kappa shape index (κ1) is 19.3. The second-order valence-electron chi connectivity index (χ2n) is 5.95. The number of nitro benzene ring substituents is 1. The fraction of sp³-hybridized carbons (Fsp3) is 0.167. The summed E-state index contributed by atoms with van der Waals surface area (Å²) in [6.45, 7) is -0.261. The third-order valence-corrected chi connectivity index (χ3v) is 4.04. The van der Waals surface area contributed by atoms with Gasteiger partial charge in [0.25, 0.3) is 11.6 Å². The lowest BCUT2D eigenvalue weighted by molar-refractivity contribution is -0.384. The maximum atomic E-state index is 12.2. The molecular formula is C18H15ClN4O5. The van der Waals surface area contributed by atoms with Gasteiger partial charge in [0.2, 0.25) is 5.82 Å². The fourth-order valence-corrected chi connectivity index (χ4v) is 2.54. The van der Waals surface area contributed by atoms with E-state index in [1.54, 1.807) is 43.3 Å². The molecule has 28 heavy (non-hydrogen) atoms. The molecule has 0 saturated heterocycles. The van der Waals surface area contributed by atoms with Crippen molar-refractivity contribution in [1.29, 1.82) is 0 Å². The quantitative estimate of drug-likeness (QED) is 0.348. The first-order chi connectivity index (χ1) is 13.3. The van der Waals surface area contributed by atoms with Crippen molar-refractivity contribution in [2.75, 3.05) is 19.0 Å². The van der Waals surface area contributed by atoms with E-state index in [2.05, 4.69) is 10.1 Å². The van der Waals surface area contributed by atoms with E-state index in [1.165, 1.54) is 18.2 Å². The number of nitrogens with zero attached hydrogens (tertiary/aromatic N) is 4. The number of esters is 1. The summed E-state index contributed by atoms with van der Waals surface area (Å²) in [7, 11) is 3.35. The molecule has 0 fully saturated rings. The molecule has 1 heterocycles. The van der Waals surface area contributed by atoms with Crippen LogP contribution in [0.2, 0.25) is 5.02 Å². The van der Waals surface area contributed by atoms with Gasteiger partial charge in [0.1, 0.15) is 5.69 Å². The van der Waals surface area contributed by atoms with Crippen molar-refractivity contribution in [2.24, 2.45) is 0 Å². The highest BCUT2D eigenvalue weighted by Gasteiger charge is 2.20. The third kappa shape index (κ3) is 4.26. The van der Waals surface area contributed by atoms with Gasteiger partial charge >= 0.3 is 5.97 Å². The maximum absolute atomic E-state index is 12.2. The number of carbonyl (C=O) groups is 1. The lowest BCUT2D eigenvalue weighted by Gasteiger charge is -2.13. The number of hydrogen-bond donors (Lipinski definition) is 0. The summed E-state index contributed by atoms with van der Waals surface area (Å²) in [6.07, 6.45) is 0. The van der Waals surface area contributed by atoms with E-state index in [0.717, 1.165) is 0 Å². The highest BCUT2D eigenvalue weighted by Crippen LogP contribution is 2.28. The Balaban J connectivity index is 1.70. The van der Waals surface area contributed by atoms with Gasteiger partial charge in [-0.05, 0) is 36.4 Å². The zero-order chi connectivity index (χ0) is 20.3. The smallest absolute Gasteiger partial charge is 0.338 e. The molecule has 0 radical (unpaired) electrons. The van der Waals surface area contributed by atoms with Crippen LogP contribution in [0.3, 0.4) is 0 Å². The zero-order valence-electron chi connectivity index (χ0n) is 15.0. The highest BCUT2D eigenvalue weighted by atomic mass is 35.5. The number of anilines is 1. The Morgan fingerprint density at radius 3 is 2.61 bits per heavy atom. The first-order valence-electron chi connectivity index (χ1n) is 8.06. The minimum atomic E-state index is -0.736. The molecule has 0 bridgehead atoms. The van der Waals surface area contributed by atoms with Crippen LogP contribution in [0.25, 0.3) is 11.4 Å². The summed E-state index contributed by atoms with van der Waals surface area (Å²) >= 11 is 5.84. The van der Waals surface area contributed by atoms with Crippen LogP contribution in [-0.4, -0.2) is 35.1 Å². The Bertz CT molecular complexity index is 1020. The van der Waals surface area contributed by atoms with E-state index in [0.29, 0.717) is 22.1 Å². The summed E-state index contributed by atoms with van der Waals surface area (Å²) in [6, 6.07) is 11.0. The van der Waals surface area contributed by atoms with Crippen molar-refractivity contribution in [3.63, 3.8) is 0 Å². The summed E-state index contributed by atoms with van der Waals surface area (Å²) < 4.78 is 10.2. The number of benzene rings is 2. The van der Waals surface area contributed by atoms with Gasteiger partial charge in [-0.3, -0.25) is 10.1 Å². The van der Waals surface area contributed by atoms with Gasteiger partial charge in [-0.1, -0.05) is 16.8 Å². The van der Waals surface area contributed by atoms with Crippen LogP contribution in [0.15, 0.2) is 47.0 Å². The lowest BCUT2D eigenvalue weighted by Crippen LogP contribution is -2.12. The van der Waals surface area contributed by atoms with E-state index in [1.807, 2.05) is 0 Å². The summed E-state index contributed by atoms with van der Waals surface area (Å²) in [4.78, 5) is 28.6. The van der Waals surface area contributed by atoms with E-state index >= 15 is 0 Å². The number of ether oxygens (including phenoxy) is 1. The summed E-state index contributed by atoms with van der Waals surface area (Å²) in [5.41, 5.74) is 0.934. The van der Waals surface area contributed by atoms with Gasteiger partial charge in [0, 0.05) is 30.7 Å². The Hall–Kier alpha value is -3.46. The molecule has 0 aliphatic carbocycles. The fourth-order valence-electron chi connectivity index (χ4n) is 2.42. The van der Waals surface area contributed by atoms with Crippen molar-refractivity contribution >= 4 is 28.9 Å². The monoisotopic (exact) mass is 402 g/mol. The molecule has 10 heteroatoms. The lowest BCUT2D eigenvalue weighted by atomic mass is 10.1. The maximum Gasteiger partial charge on any atom is 0.338 e. The zero-order valence-corrected chi connectivity index (χ0v) is 15.7. The number of nitro groups is 1. The average Bonchev–Trinajstić information content (AvgIpc) is 3.15. The largest absolute Gasteiger partial charge is 0.452 e. The molecule has 0 N–H and O–H groups in total. The Labute approximate surface area is 164 Å². The summed E-state index contributed by atoms with van der Waals surface area (Å²) in [5.74, 6) is -0.314. The van der Waals surface area contributed by atoms with Gasteiger partial charge in [0.15, 0.2) is 6.61 Å². The molecule has 3 rings (SSSR count). The number of aromatic nitrogens is 2. The number of carbonyl (C=O) groups excluding carboxylic acids is 1. The van der Waals surface area contributed by atoms with Crippen LogP contribution in [0.5, 0.6) is 0 Å². The topological polar surface area (TPSA) is 112 Å². The Morgan fingerprint density at radius 1 is 1.25 bits per heavy atom. The molecule has 0 amide bonds. The van der Waals surface area contributed by atoms with Crippen LogP contribution in [0.4, 0.5) is 11.4 Å². The molecule has 144 valence electrons. The van der Waals surface area contributed by atoms with E-state index < -0.39 is 10.9 Å². The minimum absolute atomic E-state index is 0.0507. The van der Waals surface area contributed by atoms with Gasteiger partial charge in [-0.25, -0.2) is 4.79 Å². The molecule has 3 aromatic rings. The molecule has 0 aliphatic rings. The van der Waals surface area contributed by atoms with Gasteiger partial charge in [-0.2, -0.15) is 4.98 Å². The van der Waals surface area contributed by atoms with Crippen molar-refractivity contribution in [2.45, 2.75) is 6.61 Å². The molecule has 0 aliphatic heterocycles. The average molecular weight is 403 g/mol. The molecule has 0 atom stereocenters. The normalized spacial score (nSPS) is 10.5. The predicted molar refractivity (Wildman–Crippen MR) is 101 cm³/mol. The van der Waals surface area contributed by atoms with Crippen molar-refractivity contribution in [3.05, 3.63) is 69.1 Å². The number of hydrogen-bond acceptors (Lipinski definition) is 8. The van der Waals surface area contributed by atoms with E-state index in [9.17, 15) is 14.9 Å². The van der Waals surface area contributed by atoms with Gasteiger partial charge in [-0.15, -0.1) is 0 Å². The molecule has 1 aromatic heterocycles. The summed E-state index contributed by atoms with van der Waals surface area (Å²) in [5, 5.41) is 15.6. The van der Waals surface area contributed by atoms with Crippen LogP contribution in [0, 0.1) is 10.1 Å².